The van der Waals surface area contributed by atoms with Gasteiger partial charge in [-0.15, -0.1) is 11.3 Å². The maximum absolute atomic E-state index is 13.8. The first-order valence-electron chi connectivity index (χ1n) is 15.4. The topological polar surface area (TPSA) is 79.2 Å². The fraction of sp³-hybridized carbons (Fsp3) is 0.412. The first kappa shape index (κ1) is 27.8. The minimum absolute atomic E-state index is 0.155. The molecule has 0 saturated carbocycles. The Hall–Kier alpha value is -4.00. The summed E-state index contributed by atoms with van der Waals surface area (Å²) in [5.41, 5.74) is 6.89. The van der Waals surface area contributed by atoms with E-state index in [9.17, 15) is 4.79 Å². The van der Waals surface area contributed by atoms with Crippen LogP contribution >= 0.6 is 11.3 Å². The van der Waals surface area contributed by atoms with E-state index in [1.54, 1.807) is 22.1 Å². The lowest BCUT2D eigenvalue weighted by Gasteiger charge is -2.38. The second kappa shape index (κ2) is 11.9. The Morgan fingerprint density at radius 3 is 2.79 bits per heavy atom. The van der Waals surface area contributed by atoms with Gasteiger partial charge in [-0.25, -0.2) is 9.97 Å². The highest BCUT2D eigenvalue weighted by atomic mass is 32.1. The van der Waals surface area contributed by atoms with E-state index in [1.165, 1.54) is 30.0 Å². The Bertz CT molecular complexity index is 1790. The van der Waals surface area contributed by atoms with Crippen LogP contribution in [0.4, 0.5) is 17.3 Å². The van der Waals surface area contributed by atoms with E-state index in [1.807, 2.05) is 11.6 Å². The van der Waals surface area contributed by atoms with E-state index in [2.05, 4.69) is 81.1 Å². The molecule has 1 N–H and O–H groups in total. The molecule has 2 fully saturated rings. The summed E-state index contributed by atoms with van der Waals surface area (Å²) >= 11 is 1.63. The van der Waals surface area contributed by atoms with Crippen LogP contribution in [0.15, 0.2) is 58.5 Å². The number of hydrogen-bond acceptors (Lipinski definition) is 8. The van der Waals surface area contributed by atoms with Crippen molar-refractivity contribution < 1.29 is 0 Å². The van der Waals surface area contributed by atoms with Gasteiger partial charge in [-0.1, -0.05) is 31.8 Å². The predicted octanol–water partition coefficient (Wildman–Crippen LogP) is 5.91. The summed E-state index contributed by atoms with van der Waals surface area (Å²) in [5.74, 6) is 7.15. The lowest BCUT2D eigenvalue weighted by molar-refractivity contribution is 0.231. The second-order valence-electron chi connectivity index (χ2n) is 12.1. The summed E-state index contributed by atoms with van der Waals surface area (Å²) < 4.78 is 1.71. The van der Waals surface area contributed by atoms with E-state index in [0.29, 0.717) is 35.7 Å². The van der Waals surface area contributed by atoms with Crippen molar-refractivity contribution in [3.8, 4) is 11.8 Å². The lowest BCUT2D eigenvalue weighted by atomic mass is 10.1. The molecule has 8 nitrogen and oxygen atoms in total. The Morgan fingerprint density at radius 2 is 1.98 bits per heavy atom. The zero-order valence-corrected chi connectivity index (χ0v) is 25.7. The third-order valence-corrected chi connectivity index (χ3v) is 9.98. The number of hydrogen-bond donors (Lipinski definition) is 1. The fourth-order valence-corrected chi connectivity index (χ4v) is 7.33. The van der Waals surface area contributed by atoms with Gasteiger partial charge in [-0.05, 0) is 80.5 Å². The summed E-state index contributed by atoms with van der Waals surface area (Å²) in [4.78, 5) is 34.2. The molecular formula is C34H37N7OS. The number of nitrogens with zero attached hydrogens (tertiary/aromatic N) is 6. The fourth-order valence-electron chi connectivity index (χ4n) is 6.51. The largest absolute Gasteiger partial charge is 0.369 e. The number of rotatable bonds is 6. The molecule has 43 heavy (non-hydrogen) atoms. The first-order chi connectivity index (χ1) is 21.0. The molecular weight excluding hydrogens is 554 g/mol. The molecule has 7 rings (SSSR count). The van der Waals surface area contributed by atoms with Crippen LogP contribution in [0.25, 0.3) is 11.0 Å². The molecule has 220 valence electrons. The minimum Gasteiger partial charge on any atom is -0.369 e. The molecule has 9 heteroatoms. The van der Waals surface area contributed by atoms with Gasteiger partial charge in [0.2, 0.25) is 5.95 Å². The van der Waals surface area contributed by atoms with Gasteiger partial charge in [0.15, 0.2) is 0 Å². The Balaban J connectivity index is 1.19. The van der Waals surface area contributed by atoms with Gasteiger partial charge >= 0.3 is 0 Å². The van der Waals surface area contributed by atoms with Crippen LogP contribution in [0.2, 0.25) is 0 Å². The third kappa shape index (κ3) is 5.82. The highest BCUT2D eigenvalue weighted by Gasteiger charge is 2.30. The molecule has 1 unspecified atom stereocenters. The average Bonchev–Trinajstić information content (AvgIpc) is 3.80. The molecule has 3 aromatic heterocycles. The molecule has 0 spiro atoms. The molecule has 4 aromatic rings. The standard InChI is InChI=1S/C34H37N7OS/c1-23(2)31-30(36-22-43-31)21-41-32-26(18-25(33(41)42)10-9-24-6-3-4-7-24)19-35-34(38-32)37-27-11-13-28(14-12-27)40-17-16-39-15-5-8-29(39)20-40/h6,11-14,18-19,22-23,29H,3-5,7-8,15-17,20-21H2,1-2H3,(H,35,37,38). The molecule has 1 atom stereocenters. The number of benzene rings is 1. The number of anilines is 3. The van der Waals surface area contributed by atoms with E-state index >= 15 is 0 Å². The Morgan fingerprint density at radius 1 is 1.09 bits per heavy atom. The maximum Gasteiger partial charge on any atom is 0.268 e. The second-order valence-corrected chi connectivity index (χ2v) is 12.9. The Labute approximate surface area is 256 Å². The maximum atomic E-state index is 13.8. The number of fused-ring (bicyclic) bond motifs is 2. The van der Waals surface area contributed by atoms with Gasteiger partial charge in [0, 0.05) is 53.5 Å². The van der Waals surface area contributed by atoms with Crippen molar-refractivity contribution in [1.29, 1.82) is 0 Å². The Kier molecular flexibility index (Phi) is 7.72. The van der Waals surface area contributed by atoms with Crippen LogP contribution in [0.5, 0.6) is 0 Å². The number of aromatic nitrogens is 4. The minimum atomic E-state index is -0.155. The molecule has 5 heterocycles. The number of nitrogens with one attached hydrogen (secondary N) is 1. The van der Waals surface area contributed by atoms with Gasteiger partial charge in [0.05, 0.1) is 23.3 Å². The summed E-state index contributed by atoms with van der Waals surface area (Å²) in [7, 11) is 0. The molecule has 0 amide bonds. The zero-order valence-electron chi connectivity index (χ0n) is 24.8. The van der Waals surface area contributed by atoms with Gasteiger partial charge in [-0.3, -0.25) is 14.3 Å². The van der Waals surface area contributed by atoms with E-state index < -0.39 is 0 Å². The normalized spacial score (nSPS) is 18.5. The number of thiazole rings is 1. The van der Waals surface area contributed by atoms with Crippen molar-refractivity contribution in [1.82, 2.24) is 24.4 Å². The number of pyridine rings is 1. The van der Waals surface area contributed by atoms with Crippen LogP contribution in [0.1, 0.15) is 68.0 Å². The third-order valence-electron chi connectivity index (χ3n) is 8.81. The average molecular weight is 592 g/mol. The molecule has 2 aliphatic heterocycles. The summed E-state index contributed by atoms with van der Waals surface area (Å²) in [6, 6.07) is 11.0. The number of piperazine rings is 1. The van der Waals surface area contributed by atoms with Crippen molar-refractivity contribution in [3.05, 3.63) is 80.2 Å². The van der Waals surface area contributed by atoms with Gasteiger partial charge in [0.1, 0.15) is 5.65 Å². The number of allylic oxidation sites excluding steroid dienone is 2. The molecule has 1 aromatic carbocycles. The van der Waals surface area contributed by atoms with Gasteiger partial charge in [0.25, 0.3) is 5.56 Å². The lowest BCUT2D eigenvalue weighted by Crippen LogP contribution is -2.50. The van der Waals surface area contributed by atoms with Crippen molar-refractivity contribution >= 4 is 39.7 Å². The van der Waals surface area contributed by atoms with Crippen LogP contribution in [-0.2, 0) is 6.54 Å². The van der Waals surface area contributed by atoms with E-state index in [0.717, 1.165) is 61.2 Å². The van der Waals surface area contributed by atoms with Crippen molar-refractivity contribution in [2.24, 2.45) is 0 Å². The SMILES string of the molecule is CC(C)c1scnc1Cn1c(=O)c(C#CC2=CCCC2)cc2cnc(Nc3ccc(N4CCN5CCCC5C4)cc3)nc21. The molecule has 0 radical (unpaired) electrons. The molecule has 1 aliphatic carbocycles. The summed E-state index contributed by atoms with van der Waals surface area (Å²) in [6.45, 7) is 9.19. The highest BCUT2D eigenvalue weighted by molar-refractivity contribution is 7.09. The molecule has 0 bridgehead atoms. The van der Waals surface area contributed by atoms with Gasteiger partial charge < -0.3 is 10.2 Å². The van der Waals surface area contributed by atoms with Crippen LogP contribution in [-0.4, -0.2) is 56.6 Å². The summed E-state index contributed by atoms with van der Waals surface area (Å²) in [5, 5.41) is 4.14. The van der Waals surface area contributed by atoms with Crippen LogP contribution in [0, 0.1) is 11.8 Å². The van der Waals surface area contributed by atoms with E-state index in [-0.39, 0.29) is 5.56 Å². The van der Waals surface area contributed by atoms with Crippen molar-refractivity contribution in [3.63, 3.8) is 0 Å². The predicted molar refractivity (Wildman–Crippen MR) is 174 cm³/mol. The first-order valence-corrected chi connectivity index (χ1v) is 16.3. The highest BCUT2D eigenvalue weighted by Crippen LogP contribution is 2.28. The van der Waals surface area contributed by atoms with Crippen molar-refractivity contribution in [2.75, 3.05) is 36.4 Å². The molecule has 3 aliphatic rings. The van der Waals surface area contributed by atoms with E-state index in [4.69, 9.17) is 4.98 Å². The molecule has 2 saturated heterocycles. The van der Waals surface area contributed by atoms with Crippen molar-refractivity contribution in [2.45, 2.75) is 64.5 Å². The zero-order chi connectivity index (χ0) is 29.3. The quantitative estimate of drug-likeness (QED) is 0.279. The summed E-state index contributed by atoms with van der Waals surface area (Å²) in [6.07, 6.45) is 9.71. The smallest absolute Gasteiger partial charge is 0.268 e. The van der Waals surface area contributed by atoms with Crippen LogP contribution in [0.3, 0.4) is 0 Å². The van der Waals surface area contributed by atoms with Crippen LogP contribution < -0.4 is 15.8 Å². The van der Waals surface area contributed by atoms with Gasteiger partial charge in [-0.2, -0.15) is 4.98 Å². The monoisotopic (exact) mass is 591 g/mol.